The van der Waals surface area contributed by atoms with E-state index >= 15 is 0 Å². The third-order valence-electron chi connectivity index (χ3n) is 4.18. The van der Waals surface area contributed by atoms with Crippen LogP contribution in [0.5, 0.6) is 0 Å². The molecule has 26 heavy (non-hydrogen) atoms. The Morgan fingerprint density at radius 1 is 1.35 bits per heavy atom. The Balaban J connectivity index is 1.87. The molecule has 8 nitrogen and oxygen atoms in total. The van der Waals surface area contributed by atoms with Gasteiger partial charge in [-0.1, -0.05) is 11.6 Å². The molecular weight excluding hydrogens is 358 g/mol. The van der Waals surface area contributed by atoms with Crippen LogP contribution in [-0.4, -0.2) is 51.0 Å². The molecular formula is C17H18ClN5O3. The number of amides is 2. The van der Waals surface area contributed by atoms with Crippen LogP contribution >= 0.6 is 11.6 Å². The van der Waals surface area contributed by atoms with Gasteiger partial charge in [0, 0.05) is 31.5 Å². The number of hydrogen-bond donors (Lipinski definition) is 1. The highest BCUT2D eigenvalue weighted by atomic mass is 35.5. The largest absolute Gasteiger partial charge is 0.330 e. The van der Waals surface area contributed by atoms with E-state index in [1.54, 1.807) is 18.2 Å². The number of H-pyrrole nitrogens is 1. The zero-order chi connectivity index (χ0) is 18.8. The SMILES string of the molecule is CCN(Cc1nc2cc(Cl)ccc2c(=O)[nH]1)C(=O)C1=NN(C)C(=O)CC1. The Hall–Kier alpha value is -2.74. The number of rotatable bonds is 4. The highest BCUT2D eigenvalue weighted by Crippen LogP contribution is 2.15. The first-order valence-electron chi connectivity index (χ1n) is 8.20. The number of fused-ring (bicyclic) bond motifs is 1. The standard InChI is InChI=1S/C17H18ClN5O3/c1-3-23(17(26)12-6-7-15(24)22(2)21-12)9-14-19-13-8-10(18)4-5-11(13)16(25)20-14/h4-5,8H,3,6-7,9H2,1-2H3,(H,19,20,25). The molecule has 3 rings (SSSR count). The summed E-state index contributed by atoms with van der Waals surface area (Å²) in [5, 5.41) is 6.15. The fraction of sp³-hybridized carbons (Fsp3) is 0.353. The molecule has 2 heterocycles. The van der Waals surface area contributed by atoms with Crippen molar-refractivity contribution in [2.45, 2.75) is 26.3 Å². The topological polar surface area (TPSA) is 98.7 Å². The van der Waals surface area contributed by atoms with Gasteiger partial charge in [0.25, 0.3) is 11.5 Å². The molecule has 1 aliphatic heterocycles. The van der Waals surface area contributed by atoms with Gasteiger partial charge in [-0.3, -0.25) is 14.4 Å². The van der Waals surface area contributed by atoms with Crippen LogP contribution in [0, 0.1) is 0 Å². The van der Waals surface area contributed by atoms with Crippen LogP contribution < -0.4 is 5.56 Å². The van der Waals surface area contributed by atoms with E-state index in [-0.39, 0.29) is 30.3 Å². The molecule has 2 aromatic rings. The lowest BCUT2D eigenvalue weighted by Crippen LogP contribution is -2.40. The molecule has 0 saturated carbocycles. The van der Waals surface area contributed by atoms with Crippen LogP contribution in [0.1, 0.15) is 25.6 Å². The van der Waals surface area contributed by atoms with Crippen molar-refractivity contribution in [2.75, 3.05) is 13.6 Å². The number of carbonyl (C=O) groups excluding carboxylic acids is 2. The first-order valence-corrected chi connectivity index (χ1v) is 8.58. The molecule has 9 heteroatoms. The van der Waals surface area contributed by atoms with Gasteiger partial charge < -0.3 is 9.88 Å². The lowest BCUT2D eigenvalue weighted by molar-refractivity contribution is -0.130. The van der Waals surface area contributed by atoms with E-state index in [2.05, 4.69) is 15.1 Å². The molecule has 0 radical (unpaired) electrons. The maximum Gasteiger partial charge on any atom is 0.270 e. The highest BCUT2D eigenvalue weighted by Gasteiger charge is 2.25. The zero-order valence-corrected chi connectivity index (χ0v) is 15.2. The molecule has 0 bridgehead atoms. The summed E-state index contributed by atoms with van der Waals surface area (Å²) >= 11 is 5.97. The third-order valence-corrected chi connectivity index (χ3v) is 4.42. The summed E-state index contributed by atoms with van der Waals surface area (Å²) in [6.07, 6.45) is 0.554. The van der Waals surface area contributed by atoms with Gasteiger partial charge in [-0.2, -0.15) is 5.10 Å². The Morgan fingerprint density at radius 3 is 2.81 bits per heavy atom. The lowest BCUT2D eigenvalue weighted by atomic mass is 10.1. The number of aromatic nitrogens is 2. The third kappa shape index (κ3) is 3.60. The number of nitrogens with zero attached hydrogens (tertiary/aromatic N) is 4. The second-order valence-electron chi connectivity index (χ2n) is 5.96. The average molecular weight is 376 g/mol. The second-order valence-corrected chi connectivity index (χ2v) is 6.39. The molecule has 136 valence electrons. The van der Waals surface area contributed by atoms with Gasteiger partial charge in [0.15, 0.2) is 0 Å². The van der Waals surface area contributed by atoms with Gasteiger partial charge in [-0.25, -0.2) is 9.99 Å². The van der Waals surface area contributed by atoms with Gasteiger partial charge >= 0.3 is 0 Å². The van der Waals surface area contributed by atoms with Gasteiger partial charge in [-0.05, 0) is 25.1 Å². The normalized spacial score (nSPS) is 14.5. The number of hydrogen-bond acceptors (Lipinski definition) is 5. The Morgan fingerprint density at radius 2 is 2.12 bits per heavy atom. The van der Waals surface area contributed by atoms with Crippen LogP contribution in [0.3, 0.4) is 0 Å². The number of hydrazone groups is 1. The number of carbonyl (C=O) groups is 2. The molecule has 2 amide bonds. The van der Waals surface area contributed by atoms with Crippen molar-refractivity contribution < 1.29 is 9.59 Å². The fourth-order valence-electron chi connectivity index (χ4n) is 2.75. The predicted molar refractivity (Wildman–Crippen MR) is 97.9 cm³/mol. The Labute approximate surface area is 154 Å². The molecule has 0 saturated heterocycles. The van der Waals surface area contributed by atoms with Crippen LogP contribution in [0.2, 0.25) is 5.02 Å². The maximum atomic E-state index is 12.7. The first-order chi connectivity index (χ1) is 12.4. The van der Waals surface area contributed by atoms with Crippen LogP contribution in [0.4, 0.5) is 0 Å². The van der Waals surface area contributed by atoms with E-state index in [4.69, 9.17) is 11.6 Å². The number of nitrogens with one attached hydrogen (secondary N) is 1. The van der Waals surface area contributed by atoms with Crippen molar-refractivity contribution in [3.63, 3.8) is 0 Å². The quantitative estimate of drug-likeness (QED) is 0.876. The Kier molecular flexibility index (Phi) is 5.03. The maximum absolute atomic E-state index is 12.7. The van der Waals surface area contributed by atoms with Crippen LogP contribution in [0.25, 0.3) is 10.9 Å². The minimum absolute atomic E-state index is 0.123. The summed E-state index contributed by atoms with van der Waals surface area (Å²) in [4.78, 5) is 45.1. The van der Waals surface area contributed by atoms with Crippen molar-refractivity contribution in [3.8, 4) is 0 Å². The van der Waals surface area contributed by atoms with Crippen molar-refractivity contribution in [2.24, 2.45) is 5.10 Å². The average Bonchev–Trinajstić information content (AvgIpc) is 2.61. The second kappa shape index (κ2) is 7.25. The van der Waals surface area contributed by atoms with E-state index < -0.39 is 0 Å². The zero-order valence-electron chi connectivity index (χ0n) is 14.5. The minimum Gasteiger partial charge on any atom is -0.330 e. The van der Waals surface area contributed by atoms with E-state index in [1.165, 1.54) is 17.0 Å². The molecule has 1 N–H and O–H groups in total. The van der Waals surface area contributed by atoms with E-state index in [0.29, 0.717) is 40.4 Å². The number of aromatic amines is 1. The monoisotopic (exact) mass is 375 g/mol. The minimum atomic E-state index is -0.287. The number of halogens is 1. The van der Waals surface area contributed by atoms with Crippen molar-refractivity contribution in [1.82, 2.24) is 19.9 Å². The summed E-state index contributed by atoms with van der Waals surface area (Å²) in [5.74, 6) is -0.0384. The molecule has 0 spiro atoms. The van der Waals surface area contributed by atoms with Crippen LogP contribution in [0.15, 0.2) is 28.1 Å². The van der Waals surface area contributed by atoms with Gasteiger partial charge in [-0.15, -0.1) is 0 Å². The van der Waals surface area contributed by atoms with Gasteiger partial charge in [0.1, 0.15) is 11.5 Å². The van der Waals surface area contributed by atoms with E-state index in [9.17, 15) is 14.4 Å². The lowest BCUT2D eigenvalue weighted by Gasteiger charge is -2.24. The summed E-state index contributed by atoms with van der Waals surface area (Å²) in [7, 11) is 1.52. The molecule has 1 aromatic heterocycles. The summed E-state index contributed by atoms with van der Waals surface area (Å²) < 4.78 is 0. The van der Waals surface area contributed by atoms with Crippen molar-refractivity contribution >= 4 is 40.0 Å². The number of benzene rings is 1. The molecule has 0 unspecified atom stereocenters. The summed E-state index contributed by atoms with van der Waals surface area (Å²) in [6, 6.07) is 4.85. The molecule has 0 fully saturated rings. The van der Waals surface area contributed by atoms with Crippen molar-refractivity contribution in [3.05, 3.63) is 39.4 Å². The summed E-state index contributed by atoms with van der Waals surface area (Å²) in [6.45, 7) is 2.36. The predicted octanol–water partition coefficient (Wildman–Crippen LogP) is 1.53. The fourth-order valence-corrected chi connectivity index (χ4v) is 2.92. The van der Waals surface area contributed by atoms with Gasteiger partial charge in [0.2, 0.25) is 5.91 Å². The summed E-state index contributed by atoms with van der Waals surface area (Å²) in [5.41, 5.74) is 0.505. The highest BCUT2D eigenvalue weighted by molar-refractivity contribution is 6.39. The molecule has 1 aromatic carbocycles. The van der Waals surface area contributed by atoms with Gasteiger partial charge in [0.05, 0.1) is 17.4 Å². The Bertz CT molecular complexity index is 969. The molecule has 0 atom stereocenters. The molecule has 0 aliphatic carbocycles. The molecule has 1 aliphatic rings. The smallest absolute Gasteiger partial charge is 0.270 e. The first kappa shape index (κ1) is 18.1. The van der Waals surface area contributed by atoms with Crippen LogP contribution in [-0.2, 0) is 16.1 Å². The van der Waals surface area contributed by atoms with Crippen molar-refractivity contribution in [1.29, 1.82) is 0 Å². The van der Waals surface area contributed by atoms with E-state index in [0.717, 1.165) is 0 Å². The van der Waals surface area contributed by atoms with E-state index in [1.807, 2.05) is 6.92 Å².